The molecule has 1 saturated heterocycles. The summed E-state index contributed by atoms with van der Waals surface area (Å²) in [5, 5.41) is 9.42. The molecule has 0 N–H and O–H groups in total. The zero-order valence-electron chi connectivity index (χ0n) is 12.7. The molecule has 3 nitrogen and oxygen atoms in total. The number of nitriles is 1. The fraction of sp³-hybridized carbons (Fsp3) is 0.211. The van der Waals surface area contributed by atoms with E-state index in [4.69, 9.17) is 4.74 Å². The summed E-state index contributed by atoms with van der Waals surface area (Å²) < 4.78 is 6.39. The number of rotatable bonds is 3. The lowest BCUT2D eigenvalue weighted by Gasteiger charge is -2.28. The van der Waals surface area contributed by atoms with Gasteiger partial charge in [-0.2, -0.15) is 5.26 Å². The number of hydrogen-bond donors (Lipinski definition) is 0. The van der Waals surface area contributed by atoms with E-state index in [1.165, 1.54) is 5.69 Å². The third-order valence-electron chi connectivity index (χ3n) is 3.86. The Morgan fingerprint density at radius 3 is 2.30 bits per heavy atom. The maximum atomic E-state index is 9.42. The van der Waals surface area contributed by atoms with Gasteiger partial charge in [0.2, 0.25) is 0 Å². The number of anilines is 1. The van der Waals surface area contributed by atoms with Crippen LogP contribution < -0.4 is 4.90 Å². The SMILES string of the molecule is N#CC(=Cc1ccc(N2CCOCC2)cc1)c1ccc(Br)cc1. The maximum Gasteiger partial charge on any atom is 0.0998 e. The molecule has 0 atom stereocenters. The third-order valence-corrected chi connectivity index (χ3v) is 4.38. The Labute approximate surface area is 144 Å². The van der Waals surface area contributed by atoms with Gasteiger partial charge in [0.25, 0.3) is 0 Å². The molecule has 0 unspecified atom stereocenters. The molecule has 0 aromatic heterocycles. The minimum absolute atomic E-state index is 0.664. The third kappa shape index (κ3) is 4.01. The van der Waals surface area contributed by atoms with Crippen molar-refractivity contribution in [2.45, 2.75) is 0 Å². The van der Waals surface area contributed by atoms with Gasteiger partial charge in [-0.05, 0) is 41.5 Å². The first-order chi connectivity index (χ1) is 11.3. The molecule has 0 aliphatic carbocycles. The first-order valence-electron chi connectivity index (χ1n) is 7.57. The van der Waals surface area contributed by atoms with Crippen molar-refractivity contribution in [2.75, 3.05) is 31.2 Å². The van der Waals surface area contributed by atoms with Crippen LogP contribution in [-0.2, 0) is 4.74 Å². The summed E-state index contributed by atoms with van der Waals surface area (Å²) >= 11 is 3.41. The fourth-order valence-corrected chi connectivity index (χ4v) is 2.84. The summed E-state index contributed by atoms with van der Waals surface area (Å²) in [6, 6.07) is 18.4. The summed E-state index contributed by atoms with van der Waals surface area (Å²) in [5.74, 6) is 0. The quantitative estimate of drug-likeness (QED) is 0.596. The Balaban J connectivity index is 1.80. The summed E-state index contributed by atoms with van der Waals surface area (Å²) in [6.45, 7) is 3.42. The number of hydrogen-bond acceptors (Lipinski definition) is 3. The largest absolute Gasteiger partial charge is 0.378 e. The van der Waals surface area contributed by atoms with Crippen molar-refractivity contribution in [3.05, 3.63) is 64.1 Å². The van der Waals surface area contributed by atoms with E-state index in [0.717, 1.165) is 41.9 Å². The normalized spacial score (nSPS) is 15.3. The molecule has 23 heavy (non-hydrogen) atoms. The smallest absolute Gasteiger partial charge is 0.0998 e. The van der Waals surface area contributed by atoms with Crippen molar-refractivity contribution in [3.63, 3.8) is 0 Å². The molecule has 116 valence electrons. The first kappa shape index (κ1) is 15.8. The highest BCUT2D eigenvalue weighted by Crippen LogP contribution is 2.22. The molecule has 1 fully saturated rings. The van der Waals surface area contributed by atoms with E-state index in [1.54, 1.807) is 0 Å². The van der Waals surface area contributed by atoms with Gasteiger partial charge in [-0.1, -0.05) is 40.2 Å². The van der Waals surface area contributed by atoms with Gasteiger partial charge in [0.05, 0.1) is 24.9 Å². The highest BCUT2D eigenvalue weighted by molar-refractivity contribution is 9.10. The molecule has 0 bridgehead atoms. The van der Waals surface area contributed by atoms with Crippen LogP contribution in [0.15, 0.2) is 53.0 Å². The van der Waals surface area contributed by atoms with Gasteiger partial charge >= 0.3 is 0 Å². The number of morpholine rings is 1. The highest BCUT2D eigenvalue weighted by Gasteiger charge is 2.10. The van der Waals surface area contributed by atoms with Crippen molar-refractivity contribution in [1.29, 1.82) is 5.26 Å². The molecule has 2 aromatic rings. The molecule has 1 aliphatic rings. The van der Waals surface area contributed by atoms with Crippen LogP contribution in [0.1, 0.15) is 11.1 Å². The Morgan fingerprint density at radius 1 is 1.04 bits per heavy atom. The Morgan fingerprint density at radius 2 is 1.70 bits per heavy atom. The summed E-state index contributed by atoms with van der Waals surface area (Å²) in [5.41, 5.74) is 3.82. The first-order valence-corrected chi connectivity index (χ1v) is 8.36. The second kappa shape index (κ2) is 7.45. The van der Waals surface area contributed by atoms with E-state index in [2.05, 4.69) is 51.2 Å². The van der Waals surface area contributed by atoms with Gasteiger partial charge in [-0.15, -0.1) is 0 Å². The molecule has 2 aromatic carbocycles. The van der Waals surface area contributed by atoms with Crippen molar-refractivity contribution in [2.24, 2.45) is 0 Å². The Kier molecular flexibility index (Phi) is 5.12. The van der Waals surface area contributed by atoms with Crippen LogP contribution in [0, 0.1) is 11.3 Å². The van der Waals surface area contributed by atoms with Crippen LogP contribution in [0.2, 0.25) is 0 Å². The Bertz CT molecular complexity index is 723. The molecular weight excluding hydrogens is 352 g/mol. The minimum Gasteiger partial charge on any atom is -0.378 e. The van der Waals surface area contributed by atoms with E-state index in [1.807, 2.05) is 30.3 Å². The van der Waals surface area contributed by atoms with Crippen molar-refractivity contribution in [1.82, 2.24) is 0 Å². The molecule has 3 rings (SSSR count). The fourth-order valence-electron chi connectivity index (χ4n) is 2.58. The predicted molar refractivity (Wildman–Crippen MR) is 97.1 cm³/mol. The van der Waals surface area contributed by atoms with Crippen LogP contribution in [0.5, 0.6) is 0 Å². The van der Waals surface area contributed by atoms with E-state index in [9.17, 15) is 5.26 Å². The second-order valence-corrected chi connectivity index (χ2v) is 6.28. The second-order valence-electron chi connectivity index (χ2n) is 5.37. The standard InChI is InChI=1S/C19H17BrN2O/c20-18-5-3-16(4-6-18)17(14-21)13-15-1-7-19(8-2-15)22-9-11-23-12-10-22/h1-8,13H,9-12H2. The average molecular weight is 369 g/mol. The number of ether oxygens (including phenoxy) is 1. The molecule has 4 heteroatoms. The van der Waals surface area contributed by atoms with Crippen LogP contribution in [0.4, 0.5) is 5.69 Å². The van der Waals surface area contributed by atoms with Crippen LogP contribution >= 0.6 is 15.9 Å². The van der Waals surface area contributed by atoms with E-state index in [0.29, 0.717) is 5.57 Å². The molecule has 0 spiro atoms. The Hall–Kier alpha value is -2.09. The van der Waals surface area contributed by atoms with Gasteiger partial charge in [-0.3, -0.25) is 0 Å². The number of benzene rings is 2. The lowest BCUT2D eigenvalue weighted by Crippen LogP contribution is -2.36. The lowest BCUT2D eigenvalue weighted by molar-refractivity contribution is 0.122. The van der Waals surface area contributed by atoms with Crippen LogP contribution in [-0.4, -0.2) is 26.3 Å². The zero-order chi connectivity index (χ0) is 16.1. The van der Waals surface area contributed by atoms with Gasteiger partial charge in [-0.25, -0.2) is 0 Å². The molecule has 0 radical (unpaired) electrons. The molecule has 1 aliphatic heterocycles. The number of halogens is 1. The van der Waals surface area contributed by atoms with Crippen LogP contribution in [0.3, 0.4) is 0 Å². The predicted octanol–water partition coefficient (Wildman–Crippen LogP) is 4.35. The highest BCUT2D eigenvalue weighted by atomic mass is 79.9. The lowest BCUT2D eigenvalue weighted by atomic mass is 10.0. The van der Waals surface area contributed by atoms with Gasteiger partial charge < -0.3 is 9.64 Å². The molecule has 0 saturated carbocycles. The van der Waals surface area contributed by atoms with Crippen molar-refractivity contribution in [3.8, 4) is 6.07 Å². The average Bonchev–Trinajstić information content (AvgIpc) is 2.62. The van der Waals surface area contributed by atoms with Gasteiger partial charge in [0, 0.05) is 23.2 Å². The number of nitrogens with zero attached hydrogens (tertiary/aromatic N) is 2. The monoisotopic (exact) mass is 368 g/mol. The van der Waals surface area contributed by atoms with Crippen molar-refractivity contribution < 1.29 is 4.74 Å². The van der Waals surface area contributed by atoms with E-state index >= 15 is 0 Å². The minimum atomic E-state index is 0.664. The number of allylic oxidation sites excluding steroid dienone is 1. The summed E-state index contributed by atoms with van der Waals surface area (Å²) in [4.78, 5) is 2.32. The van der Waals surface area contributed by atoms with Gasteiger partial charge in [0.15, 0.2) is 0 Å². The van der Waals surface area contributed by atoms with E-state index in [-0.39, 0.29) is 0 Å². The molecule has 0 amide bonds. The molecule has 1 heterocycles. The van der Waals surface area contributed by atoms with Crippen molar-refractivity contribution >= 4 is 33.3 Å². The van der Waals surface area contributed by atoms with Crippen LogP contribution in [0.25, 0.3) is 11.6 Å². The zero-order valence-corrected chi connectivity index (χ0v) is 14.3. The van der Waals surface area contributed by atoms with Gasteiger partial charge in [0.1, 0.15) is 0 Å². The summed E-state index contributed by atoms with van der Waals surface area (Å²) in [6.07, 6.45) is 1.92. The summed E-state index contributed by atoms with van der Waals surface area (Å²) in [7, 11) is 0. The molecular formula is C19H17BrN2O. The topological polar surface area (TPSA) is 36.3 Å². The van der Waals surface area contributed by atoms with E-state index < -0.39 is 0 Å². The maximum absolute atomic E-state index is 9.42.